The molecule has 4 aromatic rings. The predicted octanol–water partition coefficient (Wildman–Crippen LogP) is 3.70. The molecule has 156 valence electrons. The topological polar surface area (TPSA) is 71.2 Å². The summed E-state index contributed by atoms with van der Waals surface area (Å²) in [6.07, 6.45) is 6.91. The second-order valence-electron chi connectivity index (χ2n) is 8.52. The molecule has 0 amide bonds. The Morgan fingerprint density at radius 1 is 1.20 bits per heavy atom. The number of hydrogen-bond donors (Lipinski definition) is 1. The van der Waals surface area contributed by atoms with Gasteiger partial charge in [0.05, 0.1) is 17.1 Å². The molecule has 0 unspecified atom stereocenters. The van der Waals surface area contributed by atoms with Crippen molar-refractivity contribution in [1.82, 2.24) is 29.0 Å². The Balaban J connectivity index is 1.59. The maximum atomic E-state index is 12.9. The maximum Gasteiger partial charge on any atom is 0.326 e. The Bertz CT molecular complexity index is 1280. The van der Waals surface area contributed by atoms with Crippen LogP contribution in [-0.2, 0) is 0 Å². The number of hydrogen-bond acceptors (Lipinski definition) is 4. The van der Waals surface area contributed by atoms with Crippen LogP contribution < -0.4 is 5.69 Å². The van der Waals surface area contributed by atoms with E-state index in [1.807, 2.05) is 22.2 Å². The number of piperidine rings is 1. The molecule has 0 saturated carbocycles. The molecule has 30 heavy (non-hydrogen) atoms. The quantitative estimate of drug-likeness (QED) is 0.563. The summed E-state index contributed by atoms with van der Waals surface area (Å²) in [6.45, 7) is 9.55. The number of likely N-dealkylation sites (tertiary alicyclic amines) is 1. The Morgan fingerprint density at radius 3 is 2.90 bits per heavy atom. The second-order valence-corrected chi connectivity index (χ2v) is 8.52. The van der Waals surface area contributed by atoms with Crippen molar-refractivity contribution in [2.45, 2.75) is 46.1 Å². The third-order valence-corrected chi connectivity index (χ3v) is 6.32. The van der Waals surface area contributed by atoms with Crippen molar-refractivity contribution in [3.8, 4) is 11.1 Å². The van der Waals surface area contributed by atoms with E-state index < -0.39 is 0 Å². The second kappa shape index (κ2) is 7.40. The van der Waals surface area contributed by atoms with E-state index in [2.05, 4.69) is 52.0 Å². The van der Waals surface area contributed by atoms with Crippen molar-refractivity contribution in [2.24, 2.45) is 0 Å². The van der Waals surface area contributed by atoms with E-state index in [9.17, 15) is 4.79 Å². The van der Waals surface area contributed by atoms with Gasteiger partial charge in [0, 0.05) is 18.3 Å². The van der Waals surface area contributed by atoms with Gasteiger partial charge < -0.3 is 9.88 Å². The van der Waals surface area contributed by atoms with Gasteiger partial charge in [-0.3, -0.25) is 4.57 Å². The number of aromatic amines is 1. The largest absolute Gasteiger partial charge is 0.326 e. The number of pyridine rings is 1. The van der Waals surface area contributed by atoms with Crippen molar-refractivity contribution in [3.63, 3.8) is 0 Å². The number of H-pyrrole nitrogens is 1. The normalized spacial score (nSPS) is 17.9. The van der Waals surface area contributed by atoms with Gasteiger partial charge in [0.1, 0.15) is 6.33 Å². The average Bonchev–Trinajstić information content (AvgIpc) is 3.31. The van der Waals surface area contributed by atoms with Crippen molar-refractivity contribution in [1.29, 1.82) is 0 Å². The summed E-state index contributed by atoms with van der Waals surface area (Å²) in [5.41, 5.74) is 7.16. The Hall–Kier alpha value is -2.93. The minimum atomic E-state index is -0.00666. The standard InChI is InChI=1S/C23H28N6O/c1-4-7-27-8-5-6-18(13-27)29-21-10-15(2)19(11-20(21)26-23(29)30)17-9-16(3)22-24-14-25-28(22)12-17/h9-12,14,18H,4-8,13H2,1-3H3,(H,26,30)/t18-/m1/s1. The molecule has 7 heteroatoms. The lowest BCUT2D eigenvalue weighted by molar-refractivity contribution is 0.178. The molecule has 1 fully saturated rings. The minimum Gasteiger partial charge on any atom is -0.306 e. The van der Waals surface area contributed by atoms with Crippen LogP contribution in [0.2, 0.25) is 0 Å². The lowest BCUT2D eigenvalue weighted by atomic mass is 9.99. The van der Waals surface area contributed by atoms with Crippen molar-refractivity contribution in [3.05, 3.63) is 52.3 Å². The number of benzene rings is 1. The summed E-state index contributed by atoms with van der Waals surface area (Å²) in [4.78, 5) is 22.8. The van der Waals surface area contributed by atoms with Crippen LogP contribution in [0.1, 0.15) is 43.4 Å². The highest BCUT2D eigenvalue weighted by atomic mass is 16.1. The average molecular weight is 405 g/mol. The smallest absolute Gasteiger partial charge is 0.306 e. The van der Waals surface area contributed by atoms with Crippen LogP contribution in [0.5, 0.6) is 0 Å². The van der Waals surface area contributed by atoms with Crippen LogP contribution in [-0.4, -0.2) is 48.7 Å². The molecule has 0 radical (unpaired) electrons. The SMILES string of the molecule is CCCN1CCC[C@@H](n2c(=O)[nH]c3cc(-c4cc(C)c5ncnn5c4)c(C)cc32)C1. The summed E-state index contributed by atoms with van der Waals surface area (Å²) >= 11 is 0. The highest BCUT2D eigenvalue weighted by molar-refractivity contribution is 5.84. The molecule has 1 aromatic carbocycles. The first kappa shape index (κ1) is 19.1. The van der Waals surface area contributed by atoms with Gasteiger partial charge in [-0.15, -0.1) is 0 Å². The Morgan fingerprint density at radius 2 is 2.07 bits per heavy atom. The first-order valence-electron chi connectivity index (χ1n) is 10.8. The van der Waals surface area contributed by atoms with Crippen LogP contribution in [0.25, 0.3) is 27.8 Å². The monoisotopic (exact) mass is 404 g/mol. The molecular weight excluding hydrogens is 376 g/mol. The molecule has 7 nitrogen and oxygen atoms in total. The Labute approximate surface area is 175 Å². The molecule has 1 aliphatic rings. The lowest BCUT2D eigenvalue weighted by Crippen LogP contribution is -2.39. The minimum absolute atomic E-state index is 0.00666. The van der Waals surface area contributed by atoms with Gasteiger partial charge in [-0.05, 0) is 81.1 Å². The molecule has 1 saturated heterocycles. The third-order valence-electron chi connectivity index (χ3n) is 6.32. The van der Waals surface area contributed by atoms with Gasteiger partial charge >= 0.3 is 5.69 Å². The molecule has 4 heterocycles. The molecule has 1 N–H and O–H groups in total. The number of fused-ring (bicyclic) bond motifs is 2. The number of aromatic nitrogens is 5. The molecular formula is C23H28N6O. The molecule has 3 aromatic heterocycles. The fourth-order valence-electron chi connectivity index (χ4n) is 4.95. The van der Waals surface area contributed by atoms with Crippen LogP contribution in [0, 0.1) is 13.8 Å². The zero-order valence-corrected chi connectivity index (χ0v) is 17.9. The van der Waals surface area contributed by atoms with E-state index in [-0.39, 0.29) is 11.7 Å². The van der Waals surface area contributed by atoms with E-state index >= 15 is 0 Å². The number of nitrogens with zero attached hydrogens (tertiary/aromatic N) is 5. The predicted molar refractivity (Wildman–Crippen MR) is 119 cm³/mol. The fourth-order valence-corrected chi connectivity index (χ4v) is 4.95. The summed E-state index contributed by atoms with van der Waals surface area (Å²) in [7, 11) is 0. The zero-order valence-electron chi connectivity index (χ0n) is 17.9. The molecule has 0 spiro atoms. The van der Waals surface area contributed by atoms with Crippen molar-refractivity contribution < 1.29 is 0 Å². The van der Waals surface area contributed by atoms with Gasteiger partial charge in [-0.25, -0.2) is 14.3 Å². The van der Waals surface area contributed by atoms with E-state index in [4.69, 9.17) is 0 Å². The summed E-state index contributed by atoms with van der Waals surface area (Å²) in [5.74, 6) is 0. The van der Waals surface area contributed by atoms with Gasteiger partial charge in [-0.2, -0.15) is 5.10 Å². The highest BCUT2D eigenvalue weighted by Crippen LogP contribution is 2.31. The number of aryl methyl sites for hydroxylation is 2. The van der Waals surface area contributed by atoms with Gasteiger partial charge in [0.15, 0.2) is 5.65 Å². The van der Waals surface area contributed by atoms with Crippen molar-refractivity contribution >= 4 is 16.7 Å². The fraction of sp³-hybridized carbons (Fsp3) is 0.435. The van der Waals surface area contributed by atoms with Gasteiger partial charge in [0.2, 0.25) is 0 Å². The van der Waals surface area contributed by atoms with E-state index in [1.165, 1.54) is 0 Å². The summed E-state index contributed by atoms with van der Waals surface area (Å²) in [5, 5.41) is 4.30. The first-order chi connectivity index (χ1) is 14.5. The van der Waals surface area contributed by atoms with Crippen molar-refractivity contribution in [2.75, 3.05) is 19.6 Å². The molecule has 0 bridgehead atoms. The number of rotatable bonds is 4. The van der Waals surface area contributed by atoms with Crippen LogP contribution >= 0.6 is 0 Å². The molecule has 5 rings (SSSR count). The van der Waals surface area contributed by atoms with Crippen LogP contribution in [0.4, 0.5) is 0 Å². The lowest BCUT2D eigenvalue weighted by Gasteiger charge is -2.33. The Kier molecular flexibility index (Phi) is 4.70. The van der Waals surface area contributed by atoms with Gasteiger partial charge in [-0.1, -0.05) is 6.92 Å². The summed E-state index contributed by atoms with van der Waals surface area (Å²) < 4.78 is 3.80. The van der Waals surface area contributed by atoms with Crippen LogP contribution in [0.15, 0.2) is 35.5 Å². The van der Waals surface area contributed by atoms with Crippen LogP contribution in [0.3, 0.4) is 0 Å². The molecule has 1 atom stereocenters. The van der Waals surface area contributed by atoms with E-state index in [0.717, 1.165) is 77.8 Å². The number of nitrogens with one attached hydrogen (secondary N) is 1. The highest BCUT2D eigenvalue weighted by Gasteiger charge is 2.24. The first-order valence-corrected chi connectivity index (χ1v) is 10.8. The maximum absolute atomic E-state index is 12.9. The molecule has 1 aliphatic heterocycles. The zero-order chi connectivity index (χ0) is 20.8. The summed E-state index contributed by atoms with van der Waals surface area (Å²) in [6, 6.07) is 6.62. The molecule has 0 aliphatic carbocycles. The van der Waals surface area contributed by atoms with Gasteiger partial charge in [0.25, 0.3) is 0 Å². The number of imidazole rings is 1. The third kappa shape index (κ3) is 3.13. The van der Waals surface area contributed by atoms with E-state index in [0.29, 0.717) is 0 Å². The van der Waals surface area contributed by atoms with E-state index in [1.54, 1.807) is 6.33 Å².